The Balaban J connectivity index is 1.98. The summed E-state index contributed by atoms with van der Waals surface area (Å²) < 4.78 is 5.17. The van der Waals surface area contributed by atoms with Crippen LogP contribution in [0.5, 0.6) is 5.75 Å². The van der Waals surface area contributed by atoms with E-state index in [1.165, 1.54) is 19.7 Å². The molecule has 1 aliphatic rings. The van der Waals surface area contributed by atoms with E-state index in [0.717, 1.165) is 19.5 Å². The average Bonchev–Trinajstić information content (AvgIpc) is 2.92. The van der Waals surface area contributed by atoms with Gasteiger partial charge in [0.1, 0.15) is 11.6 Å². The molecular weight excluding hydrogens is 256 g/mol. The highest BCUT2D eigenvalue weighted by molar-refractivity contribution is 5.96. The van der Waals surface area contributed by atoms with Gasteiger partial charge in [0.25, 0.3) is 5.91 Å². The topological polar surface area (TPSA) is 80.5 Å². The number of hydrogen-bond donors (Lipinski definition) is 2. The molecule has 2 rings (SSSR count). The Morgan fingerprint density at radius 2 is 2.45 bits per heavy atom. The van der Waals surface area contributed by atoms with Crippen LogP contribution >= 0.6 is 0 Å². The van der Waals surface area contributed by atoms with E-state index in [1.54, 1.807) is 6.07 Å². The van der Waals surface area contributed by atoms with Crippen molar-refractivity contribution < 1.29 is 9.53 Å². The molecule has 6 nitrogen and oxygen atoms in total. The maximum Gasteiger partial charge on any atom is 0.256 e. The van der Waals surface area contributed by atoms with Crippen molar-refractivity contribution in [2.45, 2.75) is 25.8 Å². The fourth-order valence-corrected chi connectivity index (χ4v) is 2.64. The Kier molecular flexibility index (Phi) is 4.79. The van der Waals surface area contributed by atoms with Gasteiger partial charge >= 0.3 is 0 Å². The maximum absolute atomic E-state index is 12.2. The standard InChI is InChI=1S/C14H22N4O2/c1-3-18-6-4-5-10(18)8-17-14(19)11-9-16-13(15)7-12(11)20-2/h7,9-10H,3-6,8H2,1-2H3,(H2,15,16)(H,17,19). The van der Waals surface area contributed by atoms with Crippen LogP contribution in [-0.2, 0) is 0 Å². The zero-order valence-electron chi connectivity index (χ0n) is 12.1. The molecule has 1 aromatic rings. The van der Waals surface area contributed by atoms with Crippen molar-refractivity contribution in [2.24, 2.45) is 0 Å². The summed E-state index contributed by atoms with van der Waals surface area (Å²) in [6.45, 7) is 4.93. The van der Waals surface area contributed by atoms with Gasteiger partial charge in [-0.3, -0.25) is 9.69 Å². The van der Waals surface area contributed by atoms with Crippen LogP contribution in [0.25, 0.3) is 0 Å². The van der Waals surface area contributed by atoms with Gasteiger partial charge in [-0.15, -0.1) is 0 Å². The number of carbonyl (C=O) groups is 1. The molecule has 0 bridgehead atoms. The summed E-state index contributed by atoms with van der Waals surface area (Å²) in [5.74, 6) is 0.623. The monoisotopic (exact) mass is 278 g/mol. The van der Waals surface area contributed by atoms with Crippen molar-refractivity contribution in [1.29, 1.82) is 0 Å². The number of ether oxygens (including phenoxy) is 1. The van der Waals surface area contributed by atoms with Crippen LogP contribution in [0.4, 0.5) is 5.82 Å². The summed E-state index contributed by atoms with van der Waals surface area (Å²) in [5, 5.41) is 2.96. The highest BCUT2D eigenvalue weighted by atomic mass is 16.5. The number of nitrogens with two attached hydrogens (primary N) is 1. The van der Waals surface area contributed by atoms with Crippen molar-refractivity contribution >= 4 is 11.7 Å². The van der Waals surface area contributed by atoms with Crippen LogP contribution in [0.15, 0.2) is 12.3 Å². The third kappa shape index (κ3) is 3.19. The van der Waals surface area contributed by atoms with Crippen LogP contribution in [-0.4, -0.2) is 48.6 Å². The first kappa shape index (κ1) is 14.6. The first-order chi connectivity index (χ1) is 9.65. The number of likely N-dealkylation sites (tertiary alicyclic amines) is 1. The van der Waals surface area contributed by atoms with E-state index in [1.807, 2.05) is 0 Å². The van der Waals surface area contributed by atoms with Gasteiger partial charge in [0.15, 0.2) is 0 Å². The van der Waals surface area contributed by atoms with Gasteiger partial charge in [-0.1, -0.05) is 6.92 Å². The second-order valence-electron chi connectivity index (χ2n) is 4.94. The fraction of sp³-hybridized carbons (Fsp3) is 0.571. The minimum absolute atomic E-state index is 0.169. The summed E-state index contributed by atoms with van der Waals surface area (Å²) in [6, 6.07) is 1.99. The van der Waals surface area contributed by atoms with Gasteiger partial charge in [-0.2, -0.15) is 0 Å². The van der Waals surface area contributed by atoms with Crippen molar-refractivity contribution in [3.8, 4) is 5.75 Å². The molecule has 1 unspecified atom stereocenters. The van der Waals surface area contributed by atoms with E-state index in [0.29, 0.717) is 29.7 Å². The summed E-state index contributed by atoms with van der Waals surface area (Å²) in [4.78, 5) is 18.5. The van der Waals surface area contributed by atoms with Crippen molar-refractivity contribution in [1.82, 2.24) is 15.2 Å². The molecule has 2 heterocycles. The smallest absolute Gasteiger partial charge is 0.256 e. The predicted octanol–water partition coefficient (Wildman–Crippen LogP) is 0.887. The zero-order chi connectivity index (χ0) is 14.5. The normalized spacial score (nSPS) is 19.0. The largest absolute Gasteiger partial charge is 0.496 e. The first-order valence-electron chi connectivity index (χ1n) is 6.97. The number of hydrogen-bond acceptors (Lipinski definition) is 5. The van der Waals surface area contributed by atoms with E-state index >= 15 is 0 Å². The number of aromatic nitrogens is 1. The predicted molar refractivity (Wildman–Crippen MR) is 77.8 cm³/mol. The van der Waals surface area contributed by atoms with Crippen LogP contribution in [0.1, 0.15) is 30.1 Å². The molecule has 1 amide bonds. The molecule has 3 N–H and O–H groups in total. The lowest BCUT2D eigenvalue weighted by atomic mass is 10.2. The number of anilines is 1. The number of pyridine rings is 1. The van der Waals surface area contributed by atoms with Crippen molar-refractivity contribution in [3.63, 3.8) is 0 Å². The molecular formula is C14H22N4O2. The van der Waals surface area contributed by atoms with Crippen molar-refractivity contribution in [3.05, 3.63) is 17.8 Å². The average molecular weight is 278 g/mol. The lowest BCUT2D eigenvalue weighted by molar-refractivity contribution is 0.0938. The van der Waals surface area contributed by atoms with E-state index in [4.69, 9.17) is 10.5 Å². The highest BCUT2D eigenvalue weighted by Crippen LogP contribution is 2.20. The molecule has 0 radical (unpaired) electrons. The molecule has 1 aromatic heterocycles. The molecule has 0 aliphatic carbocycles. The first-order valence-corrected chi connectivity index (χ1v) is 6.97. The van der Waals surface area contributed by atoms with Gasteiger partial charge in [-0.25, -0.2) is 4.98 Å². The SMILES string of the molecule is CCN1CCCC1CNC(=O)c1cnc(N)cc1OC. The molecule has 110 valence electrons. The number of carbonyl (C=O) groups excluding carboxylic acids is 1. The lowest BCUT2D eigenvalue weighted by Crippen LogP contribution is -2.40. The molecule has 1 saturated heterocycles. The number of methoxy groups -OCH3 is 1. The van der Waals surface area contributed by atoms with Gasteiger partial charge in [0.2, 0.25) is 0 Å². The number of rotatable bonds is 5. The molecule has 6 heteroatoms. The molecule has 0 spiro atoms. The van der Waals surface area contributed by atoms with Crippen LogP contribution in [0.3, 0.4) is 0 Å². The number of likely N-dealkylation sites (N-methyl/N-ethyl adjacent to an activating group) is 1. The highest BCUT2D eigenvalue weighted by Gasteiger charge is 2.24. The molecule has 0 aromatic carbocycles. The van der Waals surface area contributed by atoms with Crippen LogP contribution in [0, 0.1) is 0 Å². The second kappa shape index (κ2) is 6.56. The van der Waals surface area contributed by atoms with E-state index in [-0.39, 0.29) is 5.91 Å². The molecule has 1 atom stereocenters. The summed E-state index contributed by atoms with van der Waals surface area (Å²) in [7, 11) is 1.52. The maximum atomic E-state index is 12.2. The second-order valence-corrected chi connectivity index (χ2v) is 4.94. The van der Waals surface area contributed by atoms with Gasteiger partial charge < -0.3 is 15.8 Å². The summed E-state index contributed by atoms with van der Waals surface area (Å²) in [5.41, 5.74) is 6.00. The quantitative estimate of drug-likeness (QED) is 0.836. The van der Waals surface area contributed by atoms with Gasteiger partial charge in [0.05, 0.1) is 12.7 Å². The molecule has 0 saturated carbocycles. The minimum Gasteiger partial charge on any atom is -0.496 e. The number of amides is 1. The van der Waals surface area contributed by atoms with Crippen LogP contribution < -0.4 is 15.8 Å². The lowest BCUT2D eigenvalue weighted by Gasteiger charge is -2.23. The number of nitrogens with zero attached hydrogens (tertiary/aromatic N) is 2. The van der Waals surface area contributed by atoms with E-state index in [9.17, 15) is 4.79 Å². The van der Waals surface area contributed by atoms with Gasteiger partial charge in [-0.05, 0) is 25.9 Å². The third-order valence-electron chi connectivity index (χ3n) is 3.76. The Morgan fingerprint density at radius 3 is 3.15 bits per heavy atom. The van der Waals surface area contributed by atoms with E-state index < -0.39 is 0 Å². The Hall–Kier alpha value is -1.82. The molecule has 1 aliphatic heterocycles. The fourth-order valence-electron chi connectivity index (χ4n) is 2.64. The minimum atomic E-state index is -0.169. The zero-order valence-corrected chi connectivity index (χ0v) is 12.1. The molecule has 1 fully saturated rings. The Bertz CT molecular complexity index is 478. The number of nitrogens with one attached hydrogen (secondary N) is 1. The number of nitrogen functional groups attached to an aromatic ring is 1. The van der Waals surface area contributed by atoms with E-state index in [2.05, 4.69) is 22.1 Å². The summed E-state index contributed by atoms with van der Waals surface area (Å²) in [6.07, 6.45) is 3.78. The van der Waals surface area contributed by atoms with Gasteiger partial charge in [0, 0.05) is 24.8 Å². The van der Waals surface area contributed by atoms with Crippen LogP contribution in [0.2, 0.25) is 0 Å². The summed E-state index contributed by atoms with van der Waals surface area (Å²) >= 11 is 0. The molecule has 20 heavy (non-hydrogen) atoms. The Labute approximate surface area is 119 Å². The third-order valence-corrected chi connectivity index (χ3v) is 3.76. The Morgan fingerprint density at radius 1 is 1.65 bits per heavy atom. The van der Waals surface area contributed by atoms with Crippen molar-refractivity contribution in [2.75, 3.05) is 32.5 Å².